The summed E-state index contributed by atoms with van der Waals surface area (Å²) in [5.74, 6) is 0. The van der Waals surface area contributed by atoms with Gasteiger partial charge in [0.1, 0.15) is 6.54 Å². The molecular formula is C9H10N3+. The fourth-order valence-electron chi connectivity index (χ4n) is 1.14. The topological polar surface area (TPSA) is 21.7 Å². The van der Waals surface area contributed by atoms with E-state index in [1.807, 2.05) is 40.9 Å². The molecule has 2 rings (SSSR count). The van der Waals surface area contributed by atoms with Crippen LogP contribution in [-0.2, 0) is 13.6 Å². The van der Waals surface area contributed by atoms with Crippen LogP contribution in [0, 0.1) is 0 Å². The molecule has 12 heavy (non-hydrogen) atoms. The summed E-state index contributed by atoms with van der Waals surface area (Å²) < 4.78 is 3.80. The van der Waals surface area contributed by atoms with E-state index in [1.165, 1.54) is 5.57 Å². The molecular weight excluding hydrogens is 150 g/mol. The van der Waals surface area contributed by atoms with Gasteiger partial charge >= 0.3 is 0 Å². The van der Waals surface area contributed by atoms with Crippen molar-refractivity contribution in [2.45, 2.75) is 6.54 Å². The minimum Gasteiger partial charge on any atom is -0.240 e. The third kappa shape index (κ3) is 1.36. The maximum Gasteiger partial charge on any atom is 0.264 e. The average molecular weight is 160 g/mol. The van der Waals surface area contributed by atoms with Gasteiger partial charge in [-0.2, -0.15) is 0 Å². The quantitative estimate of drug-likeness (QED) is 0.452. The van der Waals surface area contributed by atoms with Gasteiger partial charge in [-0.1, -0.05) is 6.08 Å². The summed E-state index contributed by atoms with van der Waals surface area (Å²) in [7, 11) is 1.96. The molecule has 0 spiro atoms. The highest BCUT2D eigenvalue weighted by Gasteiger charge is 2.04. The highest BCUT2D eigenvalue weighted by atomic mass is 15.3. The first-order valence-corrected chi connectivity index (χ1v) is 3.84. The van der Waals surface area contributed by atoms with Gasteiger partial charge < -0.3 is 0 Å². The molecule has 1 aromatic heterocycles. The van der Waals surface area contributed by atoms with Crippen LogP contribution in [0.1, 0.15) is 0 Å². The lowest BCUT2D eigenvalue weighted by atomic mass is 10.3. The predicted molar refractivity (Wildman–Crippen MR) is 44.1 cm³/mol. The Kier molecular flexibility index (Phi) is 1.65. The second-order valence-electron chi connectivity index (χ2n) is 2.80. The van der Waals surface area contributed by atoms with E-state index >= 15 is 0 Å². The Morgan fingerprint density at radius 3 is 3.17 bits per heavy atom. The number of aryl methyl sites for hydroxylation is 1. The second kappa shape index (κ2) is 2.80. The van der Waals surface area contributed by atoms with Gasteiger partial charge in [0, 0.05) is 10.7 Å². The monoisotopic (exact) mass is 160 g/mol. The molecule has 1 aromatic rings. The molecule has 0 radical (unpaired) electrons. The zero-order chi connectivity index (χ0) is 8.39. The predicted octanol–water partition coefficient (Wildman–Crippen LogP) is 0.359. The van der Waals surface area contributed by atoms with Crippen molar-refractivity contribution in [3.63, 3.8) is 0 Å². The lowest BCUT2D eigenvalue weighted by Gasteiger charge is -1.88. The maximum atomic E-state index is 4.15. The van der Waals surface area contributed by atoms with Crippen molar-refractivity contribution in [3.8, 4) is 0 Å². The van der Waals surface area contributed by atoms with Crippen molar-refractivity contribution in [3.05, 3.63) is 42.2 Å². The third-order valence-electron chi connectivity index (χ3n) is 1.69. The molecule has 0 saturated heterocycles. The van der Waals surface area contributed by atoms with Crippen LogP contribution in [0.2, 0.25) is 0 Å². The molecule has 0 amide bonds. The molecule has 1 aliphatic carbocycles. The smallest absolute Gasteiger partial charge is 0.240 e. The Hall–Kier alpha value is -1.60. The van der Waals surface area contributed by atoms with Crippen LogP contribution in [0.3, 0.4) is 0 Å². The fraction of sp³-hybridized carbons (Fsp3) is 0.222. The van der Waals surface area contributed by atoms with Crippen LogP contribution in [0.25, 0.3) is 0 Å². The number of hydrogen-bond acceptors (Lipinski definition) is 1. The van der Waals surface area contributed by atoms with Gasteiger partial charge in [-0.25, -0.2) is 4.57 Å². The van der Waals surface area contributed by atoms with E-state index < -0.39 is 0 Å². The molecule has 0 N–H and O–H groups in total. The third-order valence-corrected chi connectivity index (χ3v) is 1.69. The first kappa shape index (κ1) is 7.07. The normalized spacial score (nSPS) is 13.9. The van der Waals surface area contributed by atoms with Crippen molar-refractivity contribution < 1.29 is 4.57 Å². The van der Waals surface area contributed by atoms with E-state index in [4.69, 9.17) is 0 Å². The summed E-state index contributed by atoms with van der Waals surface area (Å²) in [5.41, 5.74) is 4.29. The fourth-order valence-corrected chi connectivity index (χ4v) is 1.14. The summed E-state index contributed by atoms with van der Waals surface area (Å²) in [6, 6.07) is 0. The summed E-state index contributed by atoms with van der Waals surface area (Å²) in [6.45, 7) is 0.799. The lowest BCUT2D eigenvalue weighted by Crippen LogP contribution is -2.23. The van der Waals surface area contributed by atoms with Gasteiger partial charge in [0.05, 0.1) is 7.05 Å². The Balaban J connectivity index is 2.14. The molecule has 0 aromatic carbocycles. The molecule has 1 aliphatic rings. The van der Waals surface area contributed by atoms with Crippen molar-refractivity contribution in [2.24, 2.45) is 7.05 Å². The van der Waals surface area contributed by atoms with Crippen LogP contribution >= 0.6 is 0 Å². The lowest BCUT2D eigenvalue weighted by molar-refractivity contribution is -0.672. The van der Waals surface area contributed by atoms with Crippen molar-refractivity contribution in [2.75, 3.05) is 0 Å². The summed E-state index contributed by atoms with van der Waals surface area (Å²) in [4.78, 5) is 0. The average Bonchev–Trinajstić information content (AvgIpc) is 2.63. The highest BCUT2D eigenvalue weighted by Crippen LogP contribution is 2.03. The molecule has 3 nitrogen and oxygen atoms in total. The first-order chi connectivity index (χ1) is 5.84. The Bertz CT molecular complexity index is 378. The van der Waals surface area contributed by atoms with Gasteiger partial charge in [-0.3, -0.25) is 0 Å². The van der Waals surface area contributed by atoms with Gasteiger partial charge in [-0.15, -0.1) is 10.4 Å². The SMILES string of the molecule is C[n+]1cnn(CC2=C=CC=C2)c1. The molecule has 3 heteroatoms. The molecule has 0 fully saturated rings. The molecule has 0 aliphatic heterocycles. The van der Waals surface area contributed by atoms with Gasteiger partial charge in [0.25, 0.3) is 6.33 Å². The van der Waals surface area contributed by atoms with Crippen LogP contribution in [-0.4, -0.2) is 9.78 Å². The van der Waals surface area contributed by atoms with E-state index in [-0.39, 0.29) is 0 Å². The van der Waals surface area contributed by atoms with Crippen LogP contribution in [0.15, 0.2) is 42.2 Å². The number of hydrogen-bond donors (Lipinski definition) is 0. The molecule has 0 atom stereocenters. The van der Waals surface area contributed by atoms with Crippen LogP contribution in [0.4, 0.5) is 0 Å². The Morgan fingerprint density at radius 2 is 2.58 bits per heavy atom. The zero-order valence-corrected chi connectivity index (χ0v) is 6.94. The van der Waals surface area contributed by atoms with Crippen molar-refractivity contribution >= 4 is 0 Å². The Morgan fingerprint density at radius 1 is 1.67 bits per heavy atom. The van der Waals surface area contributed by atoms with E-state index in [2.05, 4.69) is 10.8 Å². The number of aromatic nitrogens is 3. The van der Waals surface area contributed by atoms with Crippen molar-refractivity contribution in [1.82, 2.24) is 9.78 Å². The van der Waals surface area contributed by atoms with E-state index in [0.717, 1.165) is 6.54 Å². The number of nitrogens with zero attached hydrogens (tertiary/aromatic N) is 3. The number of allylic oxidation sites excluding steroid dienone is 3. The zero-order valence-electron chi connectivity index (χ0n) is 6.94. The van der Waals surface area contributed by atoms with Gasteiger partial charge in [0.15, 0.2) is 0 Å². The first-order valence-electron chi connectivity index (χ1n) is 3.84. The minimum atomic E-state index is 0.799. The second-order valence-corrected chi connectivity index (χ2v) is 2.80. The number of rotatable bonds is 2. The molecule has 60 valence electrons. The van der Waals surface area contributed by atoms with Crippen molar-refractivity contribution in [1.29, 1.82) is 0 Å². The summed E-state index contributed by atoms with van der Waals surface area (Å²) in [5, 5.41) is 4.15. The standard InChI is InChI=1S/C9H10N3/c1-11-7-10-12(8-11)6-9-4-2-3-5-9/h2-4,7-8H,6H2,1H3/q+1. The maximum absolute atomic E-state index is 4.15. The summed E-state index contributed by atoms with van der Waals surface area (Å²) in [6.07, 6.45) is 9.67. The molecule has 1 heterocycles. The largest absolute Gasteiger partial charge is 0.264 e. The molecule has 0 saturated carbocycles. The van der Waals surface area contributed by atoms with E-state index in [1.54, 1.807) is 6.33 Å². The highest BCUT2D eigenvalue weighted by molar-refractivity contribution is 5.28. The van der Waals surface area contributed by atoms with Gasteiger partial charge in [0.2, 0.25) is 6.33 Å². The van der Waals surface area contributed by atoms with E-state index in [0.29, 0.717) is 0 Å². The minimum absolute atomic E-state index is 0.799. The van der Waals surface area contributed by atoms with Gasteiger partial charge in [-0.05, 0) is 12.2 Å². The molecule has 0 bridgehead atoms. The molecule has 0 unspecified atom stereocenters. The van der Waals surface area contributed by atoms with Crippen LogP contribution in [0.5, 0.6) is 0 Å². The Labute approximate surface area is 70.9 Å². The van der Waals surface area contributed by atoms with Crippen LogP contribution < -0.4 is 4.57 Å². The summed E-state index contributed by atoms with van der Waals surface area (Å²) >= 11 is 0. The van der Waals surface area contributed by atoms with E-state index in [9.17, 15) is 0 Å².